The van der Waals surface area contributed by atoms with Crippen molar-refractivity contribution in [2.45, 2.75) is 31.7 Å². The van der Waals surface area contributed by atoms with E-state index < -0.39 is 5.41 Å². The maximum Gasteiger partial charge on any atom is 0.318 e. The SMILES string of the molecule is COC(=O)C1(CNC(=O)N2CCCC2c2ccco2)CCOCC1. The molecule has 0 radical (unpaired) electrons. The highest BCUT2D eigenvalue weighted by Crippen LogP contribution is 2.34. The second kappa shape index (κ2) is 7.25. The van der Waals surface area contributed by atoms with Gasteiger partial charge in [0, 0.05) is 26.3 Å². The van der Waals surface area contributed by atoms with E-state index in [4.69, 9.17) is 13.9 Å². The van der Waals surface area contributed by atoms with E-state index in [1.165, 1.54) is 7.11 Å². The van der Waals surface area contributed by atoms with E-state index in [9.17, 15) is 9.59 Å². The minimum Gasteiger partial charge on any atom is -0.469 e. The molecule has 7 nitrogen and oxygen atoms in total. The van der Waals surface area contributed by atoms with E-state index in [0.717, 1.165) is 18.6 Å². The second-order valence-corrected chi connectivity index (χ2v) is 6.41. The number of methoxy groups -OCH3 is 1. The highest BCUT2D eigenvalue weighted by Gasteiger charge is 2.42. The highest BCUT2D eigenvalue weighted by atomic mass is 16.5. The Morgan fingerprint density at radius 3 is 2.88 bits per heavy atom. The zero-order chi connectivity index (χ0) is 17.0. The molecule has 0 spiro atoms. The summed E-state index contributed by atoms with van der Waals surface area (Å²) in [5.41, 5.74) is -0.692. The number of ether oxygens (including phenoxy) is 2. The molecule has 0 saturated carbocycles. The van der Waals surface area contributed by atoms with Gasteiger partial charge in [-0.15, -0.1) is 0 Å². The van der Waals surface area contributed by atoms with Crippen molar-refractivity contribution in [1.82, 2.24) is 10.2 Å². The molecule has 0 aromatic carbocycles. The van der Waals surface area contributed by atoms with Crippen LogP contribution in [0.2, 0.25) is 0 Å². The molecule has 7 heteroatoms. The number of hydrogen-bond donors (Lipinski definition) is 1. The molecule has 2 fully saturated rings. The number of amides is 2. The third kappa shape index (κ3) is 3.26. The fourth-order valence-corrected chi connectivity index (χ4v) is 3.56. The van der Waals surface area contributed by atoms with Gasteiger partial charge in [-0.05, 0) is 37.8 Å². The first kappa shape index (κ1) is 16.8. The number of rotatable bonds is 4. The number of urea groups is 1. The molecule has 2 saturated heterocycles. The van der Waals surface area contributed by atoms with Crippen LogP contribution in [0.1, 0.15) is 37.5 Å². The zero-order valence-electron chi connectivity index (χ0n) is 14.0. The summed E-state index contributed by atoms with van der Waals surface area (Å²) in [5, 5.41) is 2.93. The van der Waals surface area contributed by atoms with E-state index in [1.807, 2.05) is 12.1 Å². The summed E-state index contributed by atoms with van der Waals surface area (Å²) in [6, 6.07) is 3.52. The Bertz CT molecular complexity index is 566. The van der Waals surface area contributed by atoms with Crippen LogP contribution >= 0.6 is 0 Å². The second-order valence-electron chi connectivity index (χ2n) is 6.41. The maximum absolute atomic E-state index is 12.6. The molecule has 0 aliphatic carbocycles. The van der Waals surface area contributed by atoms with Gasteiger partial charge in [0.2, 0.25) is 0 Å². The van der Waals surface area contributed by atoms with Crippen LogP contribution in [0.4, 0.5) is 4.79 Å². The Labute approximate surface area is 141 Å². The molecule has 3 rings (SSSR count). The normalized spacial score (nSPS) is 23.0. The third-order valence-corrected chi connectivity index (χ3v) is 5.03. The molecule has 24 heavy (non-hydrogen) atoms. The number of hydrogen-bond acceptors (Lipinski definition) is 5. The molecule has 1 aromatic heterocycles. The molecular weight excluding hydrogens is 312 g/mol. The van der Waals surface area contributed by atoms with Gasteiger partial charge in [0.25, 0.3) is 0 Å². The minimum absolute atomic E-state index is 0.0382. The molecule has 3 heterocycles. The molecule has 1 aromatic rings. The van der Waals surface area contributed by atoms with Crippen LogP contribution in [0.3, 0.4) is 0 Å². The quantitative estimate of drug-likeness (QED) is 0.852. The number of nitrogens with one attached hydrogen (secondary N) is 1. The van der Waals surface area contributed by atoms with Crippen molar-refractivity contribution in [3.05, 3.63) is 24.2 Å². The number of carbonyl (C=O) groups is 2. The number of carbonyl (C=O) groups excluding carboxylic acids is 2. The van der Waals surface area contributed by atoms with Gasteiger partial charge in [-0.1, -0.05) is 0 Å². The zero-order valence-corrected chi connectivity index (χ0v) is 14.0. The van der Waals surface area contributed by atoms with Gasteiger partial charge in [-0.25, -0.2) is 4.79 Å². The Balaban J connectivity index is 1.64. The molecule has 1 unspecified atom stereocenters. The van der Waals surface area contributed by atoms with E-state index in [2.05, 4.69) is 5.32 Å². The van der Waals surface area contributed by atoms with Gasteiger partial charge in [0.05, 0.1) is 24.8 Å². The Morgan fingerprint density at radius 1 is 1.42 bits per heavy atom. The van der Waals surface area contributed by atoms with E-state index in [1.54, 1.807) is 11.2 Å². The lowest BCUT2D eigenvalue weighted by molar-refractivity contribution is -0.158. The topological polar surface area (TPSA) is 81.0 Å². The summed E-state index contributed by atoms with van der Waals surface area (Å²) in [7, 11) is 1.38. The van der Waals surface area contributed by atoms with Crippen LogP contribution in [0.25, 0.3) is 0 Å². The van der Waals surface area contributed by atoms with E-state index in [-0.39, 0.29) is 24.6 Å². The Morgan fingerprint density at radius 2 is 2.21 bits per heavy atom. The number of furan rings is 1. The fraction of sp³-hybridized carbons (Fsp3) is 0.647. The average molecular weight is 336 g/mol. The molecular formula is C17H24N2O5. The highest BCUT2D eigenvalue weighted by molar-refractivity contribution is 5.79. The first-order chi connectivity index (χ1) is 11.7. The van der Waals surface area contributed by atoms with E-state index >= 15 is 0 Å². The Hall–Kier alpha value is -2.02. The number of likely N-dealkylation sites (tertiary alicyclic amines) is 1. The van der Waals surface area contributed by atoms with Crippen LogP contribution in [0.5, 0.6) is 0 Å². The van der Waals surface area contributed by atoms with Crippen LogP contribution in [-0.2, 0) is 14.3 Å². The smallest absolute Gasteiger partial charge is 0.318 e. The molecule has 132 valence electrons. The first-order valence-electron chi connectivity index (χ1n) is 8.40. The standard InChI is InChI=1S/C17H24N2O5/c1-22-15(20)17(6-10-23-11-7-17)12-18-16(21)19-8-2-4-13(19)14-5-3-9-24-14/h3,5,9,13H,2,4,6-8,10-12H2,1H3,(H,18,21). The largest absolute Gasteiger partial charge is 0.469 e. The minimum atomic E-state index is -0.692. The third-order valence-electron chi connectivity index (χ3n) is 5.03. The lowest BCUT2D eigenvalue weighted by Gasteiger charge is -2.35. The van der Waals surface area contributed by atoms with Crippen molar-refractivity contribution in [2.75, 3.05) is 33.4 Å². The lowest BCUT2D eigenvalue weighted by Crippen LogP contribution is -2.50. The number of nitrogens with zero attached hydrogens (tertiary/aromatic N) is 1. The van der Waals surface area contributed by atoms with Gasteiger partial charge in [0.15, 0.2) is 0 Å². The van der Waals surface area contributed by atoms with Crippen molar-refractivity contribution in [1.29, 1.82) is 0 Å². The average Bonchev–Trinajstić information content (AvgIpc) is 3.30. The molecule has 1 N–H and O–H groups in total. The van der Waals surface area contributed by atoms with Gasteiger partial charge < -0.3 is 24.1 Å². The van der Waals surface area contributed by atoms with Gasteiger partial charge in [0.1, 0.15) is 5.76 Å². The Kier molecular flexibility index (Phi) is 5.08. The molecule has 2 aliphatic heterocycles. The van der Waals surface area contributed by atoms with Crippen LogP contribution < -0.4 is 5.32 Å². The predicted octanol–water partition coefficient (Wildman–Crippen LogP) is 2.10. The van der Waals surface area contributed by atoms with Crippen LogP contribution in [0, 0.1) is 5.41 Å². The summed E-state index contributed by atoms with van der Waals surface area (Å²) in [6.45, 7) is 1.96. The van der Waals surface area contributed by atoms with Crippen molar-refractivity contribution < 1.29 is 23.5 Å². The summed E-state index contributed by atoms with van der Waals surface area (Å²) in [5.74, 6) is 0.520. The monoisotopic (exact) mass is 336 g/mol. The molecule has 0 bridgehead atoms. The summed E-state index contributed by atoms with van der Waals surface area (Å²) in [6.07, 6.45) is 4.56. The van der Waals surface area contributed by atoms with Gasteiger partial charge >= 0.3 is 12.0 Å². The van der Waals surface area contributed by atoms with Crippen molar-refractivity contribution in [3.8, 4) is 0 Å². The molecule has 1 atom stereocenters. The summed E-state index contributed by atoms with van der Waals surface area (Å²) < 4.78 is 15.8. The summed E-state index contributed by atoms with van der Waals surface area (Å²) in [4.78, 5) is 26.6. The molecule has 2 aliphatic rings. The molecule has 2 amide bonds. The van der Waals surface area contributed by atoms with E-state index in [0.29, 0.717) is 32.6 Å². The fourth-order valence-electron chi connectivity index (χ4n) is 3.56. The predicted molar refractivity (Wildman–Crippen MR) is 85.3 cm³/mol. The van der Waals surface area contributed by atoms with Crippen molar-refractivity contribution in [3.63, 3.8) is 0 Å². The maximum atomic E-state index is 12.6. The van der Waals surface area contributed by atoms with Crippen molar-refractivity contribution in [2.24, 2.45) is 5.41 Å². The van der Waals surface area contributed by atoms with Crippen LogP contribution in [-0.4, -0.2) is 50.3 Å². The first-order valence-corrected chi connectivity index (χ1v) is 8.40. The van der Waals surface area contributed by atoms with Crippen molar-refractivity contribution >= 4 is 12.0 Å². The lowest BCUT2D eigenvalue weighted by atomic mass is 9.80. The van der Waals surface area contributed by atoms with Gasteiger partial charge in [-0.2, -0.15) is 0 Å². The van der Waals surface area contributed by atoms with Gasteiger partial charge in [-0.3, -0.25) is 4.79 Å². The number of esters is 1. The van der Waals surface area contributed by atoms with Crippen LogP contribution in [0.15, 0.2) is 22.8 Å². The summed E-state index contributed by atoms with van der Waals surface area (Å²) >= 11 is 0.